The number of hydrogen-bond acceptors (Lipinski definition) is 5. The predicted molar refractivity (Wildman–Crippen MR) is 59.7 cm³/mol. The van der Waals surface area contributed by atoms with Crippen LogP contribution in [-0.4, -0.2) is 29.6 Å². The SMILES string of the molecule is C1=COCCC1.CC(C)(C)OC(=O)OC(=O)O. The molecule has 0 saturated carbocycles. The highest BCUT2D eigenvalue weighted by Crippen LogP contribution is 2.07. The normalized spacial score (nSPS) is 13.8. The number of hydrogen-bond donors (Lipinski definition) is 1. The molecule has 0 fully saturated rings. The van der Waals surface area contributed by atoms with Crippen molar-refractivity contribution in [3.8, 4) is 0 Å². The molecule has 0 aromatic carbocycles. The highest BCUT2D eigenvalue weighted by molar-refractivity contribution is 5.75. The fraction of sp³-hybridized carbons (Fsp3) is 0.636. The first-order valence-corrected chi connectivity index (χ1v) is 5.21. The summed E-state index contributed by atoms with van der Waals surface area (Å²) in [4.78, 5) is 20.2. The van der Waals surface area contributed by atoms with E-state index >= 15 is 0 Å². The fourth-order valence-corrected chi connectivity index (χ4v) is 0.831. The van der Waals surface area contributed by atoms with E-state index in [1.807, 2.05) is 6.08 Å². The molecule has 1 N–H and O–H groups in total. The summed E-state index contributed by atoms with van der Waals surface area (Å²) in [5.74, 6) is 0. The second kappa shape index (κ2) is 7.54. The number of ether oxygens (including phenoxy) is 3. The summed E-state index contributed by atoms with van der Waals surface area (Å²) in [6.45, 7) is 5.73. The van der Waals surface area contributed by atoms with Crippen molar-refractivity contribution in [3.63, 3.8) is 0 Å². The molecule has 1 rings (SSSR count). The molecule has 0 saturated heterocycles. The maximum atomic E-state index is 10.4. The number of carbonyl (C=O) groups excluding carboxylic acids is 1. The van der Waals surface area contributed by atoms with Gasteiger partial charge in [0.1, 0.15) is 5.60 Å². The summed E-state index contributed by atoms with van der Waals surface area (Å²) < 4.78 is 13.1. The molecule has 0 atom stereocenters. The highest BCUT2D eigenvalue weighted by atomic mass is 16.8. The van der Waals surface area contributed by atoms with E-state index in [-0.39, 0.29) is 0 Å². The Hall–Kier alpha value is -1.72. The van der Waals surface area contributed by atoms with Crippen LogP contribution in [0.1, 0.15) is 33.6 Å². The molecule has 0 radical (unpaired) electrons. The van der Waals surface area contributed by atoms with Crippen molar-refractivity contribution in [2.24, 2.45) is 0 Å². The summed E-state index contributed by atoms with van der Waals surface area (Å²) in [6, 6.07) is 0. The molecule has 0 spiro atoms. The third-order valence-corrected chi connectivity index (χ3v) is 1.39. The third-order valence-electron chi connectivity index (χ3n) is 1.39. The van der Waals surface area contributed by atoms with Crippen LogP contribution in [0.15, 0.2) is 12.3 Å². The van der Waals surface area contributed by atoms with Gasteiger partial charge < -0.3 is 19.3 Å². The van der Waals surface area contributed by atoms with E-state index < -0.39 is 17.9 Å². The standard InChI is InChI=1S/C6H10O5.C5H8O/c1-6(2,3)11-5(9)10-4(7)8;1-2-4-6-5-3-1/h1-3H3,(H,7,8);2,4H,1,3,5H2. The molecule has 0 aromatic heterocycles. The lowest BCUT2D eigenvalue weighted by Crippen LogP contribution is -2.25. The third kappa shape index (κ3) is 12.2. The molecular formula is C11H18O6. The fourth-order valence-electron chi connectivity index (χ4n) is 0.831. The summed E-state index contributed by atoms with van der Waals surface area (Å²) in [5, 5.41) is 7.96. The van der Waals surface area contributed by atoms with E-state index in [0.29, 0.717) is 0 Å². The largest absolute Gasteiger partial charge is 0.519 e. The van der Waals surface area contributed by atoms with Crippen LogP contribution in [0.4, 0.5) is 9.59 Å². The van der Waals surface area contributed by atoms with Gasteiger partial charge in [-0.1, -0.05) is 0 Å². The van der Waals surface area contributed by atoms with Crippen LogP contribution >= 0.6 is 0 Å². The van der Waals surface area contributed by atoms with E-state index in [0.717, 1.165) is 6.61 Å². The van der Waals surface area contributed by atoms with Gasteiger partial charge in [0.25, 0.3) is 0 Å². The number of allylic oxidation sites excluding steroid dienone is 1. The molecule has 1 heterocycles. The molecule has 1 aliphatic rings. The van der Waals surface area contributed by atoms with E-state index in [9.17, 15) is 9.59 Å². The molecule has 6 heteroatoms. The lowest BCUT2D eigenvalue weighted by molar-refractivity contribution is -0.000103. The maximum Gasteiger partial charge on any atom is 0.519 e. The second-order valence-corrected chi connectivity index (χ2v) is 4.22. The average Bonchev–Trinajstić information content (AvgIpc) is 2.16. The number of carbonyl (C=O) groups is 2. The molecule has 0 unspecified atom stereocenters. The van der Waals surface area contributed by atoms with Gasteiger partial charge in [-0.15, -0.1) is 0 Å². The molecule has 17 heavy (non-hydrogen) atoms. The van der Waals surface area contributed by atoms with Crippen LogP contribution < -0.4 is 0 Å². The molecule has 0 aromatic rings. The van der Waals surface area contributed by atoms with Gasteiger partial charge in [0, 0.05) is 0 Å². The van der Waals surface area contributed by atoms with Crippen LogP contribution in [0, 0.1) is 0 Å². The zero-order chi connectivity index (χ0) is 13.3. The predicted octanol–water partition coefficient (Wildman–Crippen LogP) is 2.93. The Labute approximate surface area is 100 Å². The van der Waals surface area contributed by atoms with Crippen molar-refractivity contribution < 1.29 is 28.9 Å². The highest BCUT2D eigenvalue weighted by Gasteiger charge is 2.19. The van der Waals surface area contributed by atoms with Gasteiger partial charge in [-0.2, -0.15) is 0 Å². The minimum absolute atomic E-state index is 0.730. The van der Waals surface area contributed by atoms with Crippen LogP contribution in [0.25, 0.3) is 0 Å². The van der Waals surface area contributed by atoms with Crippen molar-refractivity contribution in [1.82, 2.24) is 0 Å². The molecule has 0 bridgehead atoms. The summed E-state index contributed by atoms with van der Waals surface area (Å²) in [6.07, 6.45) is 3.33. The lowest BCUT2D eigenvalue weighted by atomic mass is 10.2. The average molecular weight is 246 g/mol. The maximum absolute atomic E-state index is 10.4. The van der Waals surface area contributed by atoms with Gasteiger partial charge in [0.2, 0.25) is 0 Å². The van der Waals surface area contributed by atoms with Crippen molar-refractivity contribution in [2.75, 3.05) is 6.61 Å². The van der Waals surface area contributed by atoms with Crippen molar-refractivity contribution >= 4 is 12.3 Å². The molecular weight excluding hydrogens is 228 g/mol. The second-order valence-electron chi connectivity index (χ2n) is 4.22. The zero-order valence-corrected chi connectivity index (χ0v) is 10.3. The minimum atomic E-state index is -1.67. The Morgan fingerprint density at radius 3 is 2.24 bits per heavy atom. The van der Waals surface area contributed by atoms with Crippen LogP contribution in [-0.2, 0) is 14.2 Å². The molecule has 1 aliphatic heterocycles. The number of carboxylic acid groups (broad SMARTS) is 1. The number of rotatable bonds is 0. The quantitative estimate of drug-likeness (QED) is 0.522. The van der Waals surface area contributed by atoms with Crippen molar-refractivity contribution in [3.05, 3.63) is 12.3 Å². The van der Waals surface area contributed by atoms with Gasteiger partial charge in [0.05, 0.1) is 12.9 Å². The van der Waals surface area contributed by atoms with Gasteiger partial charge in [-0.25, -0.2) is 9.59 Å². The smallest absolute Gasteiger partial charge is 0.502 e. The van der Waals surface area contributed by atoms with E-state index in [2.05, 4.69) is 9.47 Å². The van der Waals surface area contributed by atoms with Gasteiger partial charge >= 0.3 is 12.3 Å². The van der Waals surface area contributed by atoms with E-state index in [4.69, 9.17) is 9.84 Å². The Morgan fingerprint density at radius 2 is 2.00 bits per heavy atom. The molecule has 6 nitrogen and oxygen atoms in total. The Bertz CT molecular complexity index is 268. The van der Waals surface area contributed by atoms with E-state index in [1.165, 1.54) is 12.8 Å². The summed E-state index contributed by atoms with van der Waals surface area (Å²) >= 11 is 0. The Morgan fingerprint density at radius 1 is 1.35 bits per heavy atom. The summed E-state index contributed by atoms with van der Waals surface area (Å²) in [5.41, 5.74) is -0.730. The van der Waals surface area contributed by atoms with Gasteiger partial charge in [0.15, 0.2) is 0 Å². The van der Waals surface area contributed by atoms with Gasteiger partial charge in [-0.05, 0) is 39.7 Å². The first kappa shape index (κ1) is 15.3. The van der Waals surface area contributed by atoms with Crippen molar-refractivity contribution in [2.45, 2.75) is 39.2 Å². The van der Waals surface area contributed by atoms with Crippen molar-refractivity contribution in [1.29, 1.82) is 0 Å². The van der Waals surface area contributed by atoms with Crippen LogP contribution in [0.2, 0.25) is 0 Å². The molecule has 0 amide bonds. The monoisotopic (exact) mass is 246 g/mol. The lowest BCUT2D eigenvalue weighted by Gasteiger charge is -2.17. The van der Waals surface area contributed by atoms with E-state index in [1.54, 1.807) is 27.0 Å². The minimum Gasteiger partial charge on any atom is -0.502 e. The first-order valence-electron chi connectivity index (χ1n) is 5.21. The van der Waals surface area contributed by atoms with Crippen LogP contribution in [0.5, 0.6) is 0 Å². The Kier molecular flexibility index (Phi) is 6.77. The molecule has 0 aliphatic carbocycles. The van der Waals surface area contributed by atoms with Gasteiger partial charge in [-0.3, -0.25) is 0 Å². The first-order chi connectivity index (χ1) is 7.81. The van der Waals surface area contributed by atoms with Crippen LogP contribution in [0.3, 0.4) is 0 Å². The Balaban J connectivity index is 0.000000354. The zero-order valence-electron chi connectivity index (χ0n) is 10.3. The molecule has 98 valence electrons. The summed E-state index contributed by atoms with van der Waals surface area (Å²) in [7, 11) is 0. The topological polar surface area (TPSA) is 82.1 Å².